The number of nitrogens with one attached hydrogen (secondary N) is 1. The fraction of sp³-hybridized carbons (Fsp3) is 0.214. The highest BCUT2D eigenvalue weighted by molar-refractivity contribution is 5.52. The van der Waals surface area contributed by atoms with E-state index < -0.39 is 0 Å². The molecule has 2 aromatic rings. The zero-order chi connectivity index (χ0) is 12.3. The summed E-state index contributed by atoms with van der Waals surface area (Å²) in [6.45, 7) is 4.81. The van der Waals surface area contributed by atoms with Crippen molar-refractivity contribution in [2.24, 2.45) is 0 Å². The Bertz CT molecular complexity index is 506. The summed E-state index contributed by atoms with van der Waals surface area (Å²) in [5.41, 5.74) is 4.48. The molecule has 0 fully saturated rings. The molecule has 2 N–H and O–H groups in total. The molecule has 0 saturated carbocycles. The molecule has 1 heterocycles. The summed E-state index contributed by atoms with van der Waals surface area (Å²) in [5, 5.41) is 12.5. The van der Waals surface area contributed by atoms with Crippen molar-refractivity contribution in [2.45, 2.75) is 20.4 Å². The van der Waals surface area contributed by atoms with E-state index >= 15 is 0 Å². The van der Waals surface area contributed by atoms with Gasteiger partial charge in [0.2, 0.25) is 0 Å². The number of anilines is 1. The Morgan fingerprint density at radius 3 is 2.71 bits per heavy atom. The Hall–Kier alpha value is -2.03. The van der Waals surface area contributed by atoms with Crippen LogP contribution in [0.1, 0.15) is 16.8 Å². The van der Waals surface area contributed by atoms with Gasteiger partial charge < -0.3 is 10.4 Å². The molecular formula is C14H16N2O. The summed E-state index contributed by atoms with van der Waals surface area (Å²) in [4.78, 5) is 4.13. The molecule has 17 heavy (non-hydrogen) atoms. The molecule has 2 rings (SSSR count). The standard InChI is InChI=1S/C14H16N2O/c1-10-3-4-11(2)14(7-10)16-8-12-5-6-13(17)9-15-12/h3-7,9,16-17H,8H2,1-2H3. The van der Waals surface area contributed by atoms with Gasteiger partial charge in [0.05, 0.1) is 18.4 Å². The van der Waals surface area contributed by atoms with Crippen molar-refractivity contribution < 1.29 is 5.11 Å². The number of aromatic nitrogens is 1. The fourth-order valence-electron chi connectivity index (χ4n) is 1.63. The molecule has 1 aromatic carbocycles. The lowest BCUT2D eigenvalue weighted by atomic mass is 10.1. The van der Waals surface area contributed by atoms with Gasteiger partial charge in [0.1, 0.15) is 5.75 Å². The van der Waals surface area contributed by atoms with E-state index in [-0.39, 0.29) is 5.75 Å². The molecule has 0 bridgehead atoms. The van der Waals surface area contributed by atoms with E-state index in [9.17, 15) is 0 Å². The largest absolute Gasteiger partial charge is 0.506 e. The fourth-order valence-corrected chi connectivity index (χ4v) is 1.63. The van der Waals surface area contributed by atoms with E-state index in [0.29, 0.717) is 6.54 Å². The van der Waals surface area contributed by atoms with E-state index in [2.05, 4.69) is 42.3 Å². The number of aromatic hydroxyl groups is 1. The number of hydrogen-bond acceptors (Lipinski definition) is 3. The molecule has 88 valence electrons. The van der Waals surface area contributed by atoms with Crippen LogP contribution in [0.25, 0.3) is 0 Å². The summed E-state index contributed by atoms with van der Waals surface area (Å²) >= 11 is 0. The van der Waals surface area contributed by atoms with Crippen LogP contribution in [0, 0.1) is 13.8 Å². The predicted molar refractivity (Wildman–Crippen MR) is 69.1 cm³/mol. The highest BCUT2D eigenvalue weighted by Gasteiger charge is 1.99. The third-order valence-electron chi connectivity index (χ3n) is 2.66. The first-order valence-corrected chi connectivity index (χ1v) is 5.60. The molecule has 0 aliphatic carbocycles. The maximum Gasteiger partial charge on any atom is 0.133 e. The average molecular weight is 228 g/mol. The Balaban J connectivity index is 2.07. The Kier molecular flexibility index (Phi) is 3.28. The summed E-state index contributed by atoms with van der Waals surface area (Å²) in [7, 11) is 0. The van der Waals surface area contributed by atoms with E-state index in [0.717, 1.165) is 11.4 Å². The molecule has 0 radical (unpaired) electrons. The molecule has 3 nitrogen and oxygen atoms in total. The second kappa shape index (κ2) is 4.87. The first-order valence-electron chi connectivity index (χ1n) is 5.60. The normalized spacial score (nSPS) is 10.2. The first kappa shape index (κ1) is 11.5. The minimum absolute atomic E-state index is 0.195. The van der Waals surface area contributed by atoms with Crippen molar-refractivity contribution in [3.05, 3.63) is 53.3 Å². The van der Waals surface area contributed by atoms with Crippen LogP contribution in [0.5, 0.6) is 5.75 Å². The van der Waals surface area contributed by atoms with Gasteiger partial charge in [-0.25, -0.2) is 0 Å². The molecule has 3 heteroatoms. The highest BCUT2D eigenvalue weighted by atomic mass is 16.3. The maximum atomic E-state index is 9.14. The third-order valence-corrected chi connectivity index (χ3v) is 2.66. The van der Waals surface area contributed by atoms with Crippen LogP contribution in [-0.4, -0.2) is 10.1 Å². The Morgan fingerprint density at radius 2 is 2.00 bits per heavy atom. The third kappa shape index (κ3) is 2.97. The van der Waals surface area contributed by atoms with Crippen LogP contribution in [0.2, 0.25) is 0 Å². The smallest absolute Gasteiger partial charge is 0.133 e. The van der Waals surface area contributed by atoms with Gasteiger partial charge in [-0.15, -0.1) is 0 Å². The zero-order valence-corrected chi connectivity index (χ0v) is 10.1. The van der Waals surface area contributed by atoms with Crippen molar-refractivity contribution in [1.82, 2.24) is 4.98 Å². The van der Waals surface area contributed by atoms with E-state index in [1.165, 1.54) is 17.3 Å². The number of pyridine rings is 1. The van der Waals surface area contributed by atoms with E-state index in [4.69, 9.17) is 5.11 Å². The number of rotatable bonds is 3. The van der Waals surface area contributed by atoms with Crippen molar-refractivity contribution in [3.63, 3.8) is 0 Å². The monoisotopic (exact) mass is 228 g/mol. The summed E-state index contributed by atoms with van der Waals surface area (Å²) in [6.07, 6.45) is 1.46. The number of aryl methyl sites for hydroxylation is 2. The van der Waals surface area contributed by atoms with Crippen LogP contribution in [0.4, 0.5) is 5.69 Å². The lowest BCUT2D eigenvalue weighted by molar-refractivity contribution is 0.472. The van der Waals surface area contributed by atoms with Crippen LogP contribution >= 0.6 is 0 Å². The van der Waals surface area contributed by atoms with Crippen LogP contribution in [-0.2, 0) is 6.54 Å². The van der Waals surface area contributed by atoms with Gasteiger partial charge in [-0.3, -0.25) is 4.98 Å². The summed E-state index contributed by atoms with van der Waals surface area (Å²) in [5.74, 6) is 0.195. The first-order chi connectivity index (χ1) is 8.15. The summed E-state index contributed by atoms with van der Waals surface area (Å²) < 4.78 is 0. The van der Waals surface area contributed by atoms with Gasteiger partial charge in [-0.05, 0) is 43.2 Å². The second-order valence-corrected chi connectivity index (χ2v) is 4.18. The predicted octanol–water partition coefficient (Wildman–Crippen LogP) is 3.02. The molecule has 0 atom stereocenters. The van der Waals surface area contributed by atoms with Crippen molar-refractivity contribution in [3.8, 4) is 5.75 Å². The average Bonchev–Trinajstić information content (AvgIpc) is 2.32. The van der Waals surface area contributed by atoms with Gasteiger partial charge >= 0.3 is 0 Å². The van der Waals surface area contributed by atoms with E-state index in [1.54, 1.807) is 6.07 Å². The van der Waals surface area contributed by atoms with Crippen molar-refractivity contribution in [2.75, 3.05) is 5.32 Å². The zero-order valence-electron chi connectivity index (χ0n) is 10.1. The van der Waals surface area contributed by atoms with Gasteiger partial charge in [0, 0.05) is 5.69 Å². The van der Waals surface area contributed by atoms with Crippen LogP contribution in [0.3, 0.4) is 0 Å². The molecule has 0 spiro atoms. The van der Waals surface area contributed by atoms with Crippen molar-refractivity contribution >= 4 is 5.69 Å². The minimum Gasteiger partial charge on any atom is -0.506 e. The topological polar surface area (TPSA) is 45.1 Å². The minimum atomic E-state index is 0.195. The lowest BCUT2D eigenvalue weighted by Gasteiger charge is -2.10. The molecule has 0 aliphatic heterocycles. The molecule has 0 amide bonds. The number of nitrogens with zero attached hydrogens (tertiary/aromatic N) is 1. The van der Waals surface area contributed by atoms with E-state index in [1.807, 2.05) is 6.07 Å². The second-order valence-electron chi connectivity index (χ2n) is 4.18. The maximum absolute atomic E-state index is 9.14. The summed E-state index contributed by atoms with van der Waals surface area (Å²) in [6, 6.07) is 9.78. The van der Waals surface area contributed by atoms with Gasteiger partial charge in [-0.2, -0.15) is 0 Å². The quantitative estimate of drug-likeness (QED) is 0.848. The van der Waals surface area contributed by atoms with Gasteiger partial charge in [-0.1, -0.05) is 12.1 Å². The Labute approximate surface area is 101 Å². The van der Waals surface area contributed by atoms with Crippen LogP contribution in [0.15, 0.2) is 36.5 Å². The SMILES string of the molecule is Cc1ccc(C)c(NCc2ccc(O)cn2)c1. The molecule has 0 aliphatic rings. The molecule has 0 unspecified atom stereocenters. The molecule has 1 aromatic heterocycles. The van der Waals surface area contributed by atoms with Gasteiger partial charge in [0.25, 0.3) is 0 Å². The Morgan fingerprint density at radius 1 is 1.18 bits per heavy atom. The van der Waals surface area contributed by atoms with Crippen molar-refractivity contribution in [1.29, 1.82) is 0 Å². The van der Waals surface area contributed by atoms with Gasteiger partial charge in [0.15, 0.2) is 0 Å². The molecular weight excluding hydrogens is 212 g/mol. The highest BCUT2D eigenvalue weighted by Crippen LogP contribution is 2.17. The number of benzene rings is 1. The molecule has 0 saturated heterocycles. The lowest BCUT2D eigenvalue weighted by Crippen LogP contribution is -2.02. The van der Waals surface area contributed by atoms with Crippen LogP contribution < -0.4 is 5.32 Å². The number of hydrogen-bond donors (Lipinski definition) is 2.